The van der Waals surface area contributed by atoms with Crippen molar-refractivity contribution in [2.45, 2.75) is 5.22 Å². The zero-order chi connectivity index (χ0) is 21.1. The Morgan fingerprint density at radius 1 is 1.07 bits per heavy atom. The van der Waals surface area contributed by atoms with E-state index in [0.29, 0.717) is 41.5 Å². The molecule has 2 amide bonds. The number of carbonyl (C=O) groups is 2. The lowest BCUT2D eigenvalue weighted by molar-refractivity contribution is -0.125. The summed E-state index contributed by atoms with van der Waals surface area (Å²) >= 11 is 5.90. The highest BCUT2D eigenvalue weighted by Crippen LogP contribution is 2.28. The molecule has 1 atom stereocenters. The third-order valence-corrected chi connectivity index (χ3v) is 6.13. The minimum atomic E-state index is -0.584. The molecular formula is C21H22ClN3O4Si. The van der Waals surface area contributed by atoms with Gasteiger partial charge in [0.1, 0.15) is 11.8 Å². The summed E-state index contributed by atoms with van der Waals surface area (Å²) in [5.41, 5.74) is 2.48. The van der Waals surface area contributed by atoms with E-state index in [1.54, 1.807) is 16.0 Å². The van der Waals surface area contributed by atoms with Gasteiger partial charge in [-0.2, -0.15) is 0 Å². The van der Waals surface area contributed by atoms with Crippen molar-refractivity contribution in [2.24, 2.45) is 4.99 Å². The highest BCUT2D eigenvalue weighted by molar-refractivity contribution is 6.30. The van der Waals surface area contributed by atoms with Crippen LogP contribution >= 0.6 is 11.6 Å². The molecule has 30 heavy (non-hydrogen) atoms. The van der Waals surface area contributed by atoms with Crippen molar-refractivity contribution in [2.75, 3.05) is 42.6 Å². The molecule has 0 N–H and O–H groups in total. The number of anilines is 2. The summed E-state index contributed by atoms with van der Waals surface area (Å²) in [6.45, 7) is 2.00. The number of ether oxygens (including phenoxy) is 2. The van der Waals surface area contributed by atoms with Gasteiger partial charge < -0.3 is 14.4 Å². The van der Waals surface area contributed by atoms with Gasteiger partial charge in [-0.15, -0.1) is 0 Å². The molecule has 0 aliphatic carbocycles. The van der Waals surface area contributed by atoms with Gasteiger partial charge in [-0.1, -0.05) is 23.7 Å². The molecule has 2 fully saturated rings. The molecule has 7 nitrogen and oxygen atoms in total. The quantitative estimate of drug-likeness (QED) is 0.522. The minimum Gasteiger partial charge on any atom is -0.444 e. The Bertz CT molecular complexity index is 967. The van der Waals surface area contributed by atoms with Crippen LogP contribution in [0.25, 0.3) is 0 Å². The molecule has 0 radical (unpaired) electrons. The summed E-state index contributed by atoms with van der Waals surface area (Å²) in [7, 11) is 0.650. The molecule has 9 heteroatoms. The van der Waals surface area contributed by atoms with Crippen LogP contribution in [-0.4, -0.2) is 66.5 Å². The Balaban J connectivity index is 1.41. The van der Waals surface area contributed by atoms with Gasteiger partial charge in [-0.05, 0) is 42.0 Å². The largest absolute Gasteiger partial charge is 0.444 e. The first-order valence-corrected chi connectivity index (χ1v) is 11.1. The van der Waals surface area contributed by atoms with Crippen LogP contribution in [0.2, 0.25) is 5.02 Å². The molecule has 0 saturated carbocycles. The van der Waals surface area contributed by atoms with E-state index < -0.39 is 5.22 Å². The number of aliphatic imine (C=N–C) groups is 1. The lowest BCUT2D eigenvalue weighted by Gasteiger charge is -2.27. The average Bonchev–Trinajstić information content (AvgIpc) is 3.04. The van der Waals surface area contributed by atoms with E-state index in [-0.39, 0.29) is 18.6 Å². The second-order valence-corrected chi connectivity index (χ2v) is 9.80. The van der Waals surface area contributed by atoms with Crippen molar-refractivity contribution in [1.29, 1.82) is 0 Å². The van der Waals surface area contributed by atoms with E-state index in [2.05, 4.69) is 4.99 Å². The van der Waals surface area contributed by atoms with Gasteiger partial charge in [0, 0.05) is 29.2 Å². The number of rotatable bonds is 5. The normalized spacial score (nSPS) is 22.2. The third kappa shape index (κ3) is 4.56. The minimum absolute atomic E-state index is 0.0632. The van der Waals surface area contributed by atoms with Crippen molar-refractivity contribution in [1.82, 2.24) is 0 Å². The standard InChI is InChI=1S/C21H22ClN3O4Si/c22-16-3-1-15(2-4-16)11-23-13-21(30)14-25(20(27)29-21)18-7-5-17(6-8-18)24-9-10-28-12-19(24)26/h1-8,11H,9-10,12-14H2,30H3. The van der Waals surface area contributed by atoms with E-state index in [9.17, 15) is 9.59 Å². The smallest absolute Gasteiger partial charge is 0.414 e. The average molecular weight is 444 g/mol. The first-order valence-electron chi connectivity index (χ1n) is 9.68. The highest BCUT2D eigenvalue weighted by Gasteiger charge is 2.41. The summed E-state index contributed by atoms with van der Waals surface area (Å²) in [5, 5.41) is 0.0923. The fourth-order valence-corrected chi connectivity index (χ4v) is 4.27. The van der Waals surface area contributed by atoms with Gasteiger partial charge in [-0.25, -0.2) is 4.79 Å². The third-order valence-electron chi connectivity index (χ3n) is 5.04. The SMILES string of the molecule is O=C1COCCN1c1ccc(N2CC([SiH3])(CN=Cc3ccc(Cl)cc3)OC2=O)cc1. The predicted molar refractivity (Wildman–Crippen MR) is 120 cm³/mol. The van der Waals surface area contributed by atoms with Gasteiger partial charge >= 0.3 is 6.09 Å². The van der Waals surface area contributed by atoms with Crippen LogP contribution in [0.4, 0.5) is 16.2 Å². The lowest BCUT2D eigenvalue weighted by Crippen LogP contribution is -2.41. The summed E-state index contributed by atoms with van der Waals surface area (Å²) in [6.07, 6.45) is 1.39. The number of benzene rings is 2. The second-order valence-electron chi connectivity index (χ2n) is 7.54. The molecule has 2 heterocycles. The van der Waals surface area contributed by atoms with E-state index in [0.717, 1.165) is 16.9 Å². The van der Waals surface area contributed by atoms with Crippen molar-refractivity contribution in [3.05, 3.63) is 59.1 Å². The fraction of sp³-hybridized carbons (Fsp3) is 0.286. The van der Waals surface area contributed by atoms with Crippen LogP contribution in [0.3, 0.4) is 0 Å². The Kier molecular flexibility index (Phi) is 5.89. The van der Waals surface area contributed by atoms with E-state index in [1.165, 1.54) is 0 Å². The molecule has 2 aliphatic rings. The van der Waals surface area contributed by atoms with Crippen LogP contribution in [0.5, 0.6) is 0 Å². The molecule has 2 aromatic rings. The zero-order valence-electron chi connectivity index (χ0n) is 16.6. The molecule has 4 rings (SSSR count). The zero-order valence-corrected chi connectivity index (χ0v) is 19.3. The Morgan fingerprint density at radius 3 is 2.40 bits per heavy atom. The van der Waals surface area contributed by atoms with Crippen LogP contribution in [0.1, 0.15) is 5.56 Å². The monoisotopic (exact) mass is 443 g/mol. The van der Waals surface area contributed by atoms with Gasteiger partial charge in [-0.3, -0.25) is 14.7 Å². The Morgan fingerprint density at radius 2 is 1.73 bits per heavy atom. The number of halogens is 1. The number of nitrogens with zero attached hydrogens (tertiary/aromatic N) is 3. The molecule has 2 aliphatic heterocycles. The number of hydrogen-bond donors (Lipinski definition) is 0. The molecule has 1 unspecified atom stereocenters. The first-order chi connectivity index (χ1) is 14.4. The number of carbonyl (C=O) groups excluding carboxylic acids is 2. The van der Waals surface area contributed by atoms with Crippen LogP contribution in [0.15, 0.2) is 53.5 Å². The fourth-order valence-electron chi connectivity index (χ4n) is 3.47. The number of morpholine rings is 1. The molecule has 156 valence electrons. The summed E-state index contributed by atoms with van der Waals surface area (Å²) in [5.74, 6) is -0.0632. The molecule has 0 spiro atoms. The Hall–Kier alpha value is -2.68. The highest BCUT2D eigenvalue weighted by atomic mass is 35.5. The van der Waals surface area contributed by atoms with Crippen LogP contribution < -0.4 is 9.80 Å². The number of hydrogen-bond acceptors (Lipinski definition) is 5. The predicted octanol–water partition coefficient (Wildman–Crippen LogP) is 1.84. The van der Waals surface area contributed by atoms with E-state index in [1.807, 2.05) is 48.5 Å². The molecule has 2 aromatic carbocycles. The topological polar surface area (TPSA) is 71.4 Å². The Labute approximate surface area is 182 Å². The number of amides is 2. The van der Waals surface area contributed by atoms with Crippen molar-refractivity contribution in [3.63, 3.8) is 0 Å². The summed E-state index contributed by atoms with van der Waals surface area (Å²) < 4.78 is 10.8. The number of cyclic esters (lactones) is 1. The molecule has 0 bridgehead atoms. The molecule has 0 aromatic heterocycles. The summed E-state index contributed by atoms with van der Waals surface area (Å²) in [6, 6.07) is 14.8. The van der Waals surface area contributed by atoms with Gasteiger partial charge in [0.25, 0.3) is 5.91 Å². The molecule has 2 saturated heterocycles. The maximum atomic E-state index is 12.5. The van der Waals surface area contributed by atoms with Crippen molar-refractivity contribution in [3.8, 4) is 0 Å². The van der Waals surface area contributed by atoms with E-state index in [4.69, 9.17) is 21.1 Å². The molecular weight excluding hydrogens is 422 g/mol. The lowest BCUT2D eigenvalue weighted by atomic mass is 10.2. The van der Waals surface area contributed by atoms with Gasteiger partial charge in [0.15, 0.2) is 0 Å². The maximum absolute atomic E-state index is 12.5. The summed E-state index contributed by atoms with van der Waals surface area (Å²) in [4.78, 5) is 32.3. The van der Waals surface area contributed by atoms with Gasteiger partial charge in [0.05, 0.1) is 29.9 Å². The van der Waals surface area contributed by atoms with E-state index >= 15 is 0 Å². The second kappa shape index (κ2) is 8.59. The first kappa shape index (κ1) is 20.6. The van der Waals surface area contributed by atoms with Crippen molar-refractivity contribution >= 4 is 51.4 Å². The maximum Gasteiger partial charge on any atom is 0.414 e. The van der Waals surface area contributed by atoms with Crippen LogP contribution in [0, 0.1) is 0 Å². The van der Waals surface area contributed by atoms with Gasteiger partial charge in [0.2, 0.25) is 0 Å². The van der Waals surface area contributed by atoms with Crippen molar-refractivity contribution < 1.29 is 19.1 Å². The van der Waals surface area contributed by atoms with Crippen LogP contribution in [-0.2, 0) is 14.3 Å².